The van der Waals surface area contributed by atoms with E-state index in [4.69, 9.17) is 4.74 Å². The van der Waals surface area contributed by atoms with Crippen molar-refractivity contribution in [2.45, 2.75) is 19.1 Å². The van der Waals surface area contributed by atoms with Crippen LogP contribution in [0.1, 0.15) is 23.8 Å². The molecule has 0 saturated heterocycles. The van der Waals surface area contributed by atoms with Gasteiger partial charge < -0.3 is 10.1 Å². The van der Waals surface area contributed by atoms with E-state index >= 15 is 0 Å². The third kappa shape index (κ3) is 2.08. The van der Waals surface area contributed by atoms with Crippen molar-refractivity contribution in [3.63, 3.8) is 0 Å². The molecular weight excluding hydrogens is 204 g/mol. The van der Waals surface area contributed by atoms with E-state index in [1.54, 1.807) is 7.11 Å². The third-order valence-electron chi connectivity index (χ3n) is 2.83. The molecule has 4 heteroatoms. The Hall–Kier alpha value is -1.39. The topological polar surface area (TPSA) is 50.4 Å². The Labute approximate surface area is 95.0 Å². The van der Waals surface area contributed by atoms with E-state index in [0.717, 1.165) is 17.7 Å². The number of hydrogen-bond donors (Lipinski definition) is 2. The summed E-state index contributed by atoms with van der Waals surface area (Å²) in [4.78, 5) is 11.2. The van der Waals surface area contributed by atoms with Crippen molar-refractivity contribution in [1.82, 2.24) is 5.32 Å². The molecule has 1 aromatic carbocycles. The normalized spacial score (nSPS) is 16.5. The second-order valence-corrected chi connectivity index (χ2v) is 3.87. The van der Waals surface area contributed by atoms with E-state index < -0.39 is 0 Å². The van der Waals surface area contributed by atoms with E-state index in [-0.39, 0.29) is 12.1 Å². The largest absolute Gasteiger partial charge is 0.362 e. The van der Waals surface area contributed by atoms with Gasteiger partial charge in [0, 0.05) is 19.2 Å². The predicted octanol–water partition coefficient (Wildman–Crippen LogP) is 1.44. The molecule has 1 unspecified atom stereocenters. The van der Waals surface area contributed by atoms with Crippen LogP contribution in [0.5, 0.6) is 0 Å². The standard InChI is InChI=1S/C12H16N2O2/c1-13-12(16-2)9-3-5-10-8(7-9)4-6-11(15)14-10/h3,5,7,12-13H,4,6H2,1-2H3,(H,14,15). The smallest absolute Gasteiger partial charge is 0.224 e. The highest BCUT2D eigenvalue weighted by atomic mass is 16.5. The van der Waals surface area contributed by atoms with Crippen molar-refractivity contribution in [2.24, 2.45) is 0 Å². The molecule has 1 aliphatic heterocycles. The number of carbonyl (C=O) groups is 1. The number of rotatable bonds is 3. The van der Waals surface area contributed by atoms with Crippen molar-refractivity contribution in [3.8, 4) is 0 Å². The average Bonchev–Trinajstić information content (AvgIpc) is 2.31. The zero-order valence-corrected chi connectivity index (χ0v) is 9.54. The second-order valence-electron chi connectivity index (χ2n) is 3.87. The minimum atomic E-state index is -0.0945. The van der Waals surface area contributed by atoms with Crippen molar-refractivity contribution in [3.05, 3.63) is 29.3 Å². The number of ether oxygens (including phenoxy) is 1. The lowest BCUT2D eigenvalue weighted by molar-refractivity contribution is -0.116. The van der Waals surface area contributed by atoms with E-state index in [9.17, 15) is 4.79 Å². The molecule has 1 aromatic rings. The highest BCUT2D eigenvalue weighted by Gasteiger charge is 2.16. The zero-order chi connectivity index (χ0) is 11.5. The maximum absolute atomic E-state index is 11.2. The minimum absolute atomic E-state index is 0.0945. The van der Waals surface area contributed by atoms with Gasteiger partial charge in [0.1, 0.15) is 6.23 Å². The molecule has 0 aromatic heterocycles. The summed E-state index contributed by atoms with van der Waals surface area (Å²) in [6, 6.07) is 5.99. The molecule has 0 spiro atoms. The number of aryl methyl sites for hydroxylation is 1. The van der Waals surface area contributed by atoms with Gasteiger partial charge in [0.25, 0.3) is 0 Å². The summed E-state index contributed by atoms with van der Waals surface area (Å²) < 4.78 is 5.30. The molecule has 0 radical (unpaired) electrons. The van der Waals surface area contributed by atoms with Gasteiger partial charge in [-0.1, -0.05) is 6.07 Å². The van der Waals surface area contributed by atoms with Crippen molar-refractivity contribution in [1.29, 1.82) is 0 Å². The summed E-state index contributed by atoms with van der Waals surface area (Å²) in [5, 5.41) is 5.94. The van der Waals surface area contributed by atoms with Crippen LogP contribution < -0.4 is 10.6 Å². The molecule has 0 saturated carbocycles. The van der Waals surface area contributed by atoms with Crippen molar-refractivity contribution < 1.29 is 9.53 Å². The fourth-order valence-electron chi connectivity index (χ4n) is 1.99. The van der Waals surface area contributed by atoms with Gasteiger partial charge in [-0.15, -0.1) is 0 Å². The molecule has 4 nitrogen and oxygen atoms in total. The predicted molar refractivity (Wildman–Crippen MR) is 62.2 cm³/mol. The number of nitrogens with one attached hydrogen (secondary N) is 2. The number of hydrogen-bond acceptors (Lipinski definition) is 3. The molecule has 0 bridgehead atoms. The highest BCUT2D eigenvalue weighted by Crippen LogP contribution is 2.26. The van der Waals surface area contributed by atoms with E-state index in [0.29, 0.717) is 6.42 Å². The van der Waals surface area contributed by atoms with Crippen LogP contribution in [0.15, 0.2) is 18.2 Å². The Morgan fingerprint density at radius 2 is 2.25 bits per heavy atom. The monoisotopic (exact) mass is 220 g/mol. The molecule has 1 heterocycles. The first-order chi connectivity index (χ1) is 7.74. The number of amides is 1. The number of benzene rings is 1. The van der Waals surface area contributed by atoms with Gasteiger partial charge in [-0.05, 0) is 36.7 Å². The Kier molecular flexibility index (Phi) is 3.22. The first-order valence-corrected chi connectivity index (χ1v) is 5.37. The van der Waals surface area contributed by atoms with E-state index in [2.05, 4.69) is 16.7 Å². The Morgan fingerprint density at radius 3 is 2.94 bits per heavy atom. The van der Waals surface area contributed by atoms with Gasteiger partial charge >= 0.3 is 0 Å². The molecule has 2 N–H and O–H groups in total. The Bertz CT molecular complexity index is 400. The molecule has 86 valence electrons. The van der Waals surface area contributed by atoms with Crippen LogP contribution in [0.3, 0.4) is 0 Å². The van der Waals surface area contributed by atoms with Crippen LogP contribution in [0.4, 0.5) is 5.69 Å². The average molecular weight is 220 g/mol. The summed E-state index contributed by atoms with van der Waals surface area (Å²) in [5.74, 6) is 0.0946. The molecule has 0 aliphatic carbocycles. The summed E-state index contributed by atoms with van der Waals surface area (Å²) in [7, 11) is 3.53. The Balaban J connectivity index is 2.28. The fourth-order valence-corrected chi connectivity index (χ4v) is 1.99. The molecule has 1 amide bonds. The number of fused-ring (bicyclic) bond motifs is 1. The lowest BCUT2D eigenvalue weighted by Gasteiger charge is -2.20. The molecule has 1 atom stereocenters. The maximum Gasteiger partial charge on any atom is 0.224 e. The molecule has 2 rings (SSSR count). The summed E-state index contributed by atoms with van der Waals surface area (Å²) >= 11 is 0. The first kappa shape index (κ1) is 11.1. The SMILES string of the molecule is CNC(OC)c1ccc2c(c1)CCC(=O)N2. The second kappa shape index (κ2) is 4.63. The van der Waals surface area contributed by atoms with E-state index in [1.165, 1.54) is 5.56 Å². The van der Waals surface area contributed by atoms with Crippen LogP contribution in [0.25, 0.3) is 0 Å². The number of methoxy groups -OCH3 is 1. The fraction of sp³-hybridized carbons (Fsp3) is 0.417. The highest BCUT2D eigenvalue weighted by molar-refractivity contribution is 5.93. The summed E-state index contributed by atoms with van der Waals surface area (Å²) in [6.07, 6.45) is 1.27. The molecular formula is C12H16N2O2. The number of anilines is 1. The molecule has 1 aliphatic rings. The van der Waals surface area contributed by atoms with Crippen LogP contribution in [0.2, 0.25) is 0 Å². The summed E-state index contributed by atoms with van der Waals surface area (Å²) in [5.41, 5.74) is 3.18. The zero-order valence-electron chi connectivity index (χ0n) is 9.54. The first-order valence-electron chi connectivity index (χ1n) is 5.37. The van der Waals surface area contributed by atoms with Gasteiger partial charge in [-0.25, -0.2) is 0 Å². The van der Waals surface area contributed by atoms with Gasteiger partial charge in [0.2, 0.25) is 5.91 Å². The van der Waals surface area contributed by atoms with Crippen molar-refractivity contribution >= 4 is 11.6 Å². The van der Waals surface area contributed by atoms with Gasteiger partial charge in [-0.2, -0.15) is 0 Å². The quantitative estimate of drug-likeness (QED) is 0.758. The Morgan fingerprint density at radius 1 is 1.44 bits per heavy atom. The van der Waals surface area contributed by atoms with Gasteiger partial charge in [-0.3, -0.25) is 10.1 Å². The minimum Gasteiger partial charge on any atom is -0.362 e. The molecule has 0 fully saturated rings. The third-order valence-corrected chi connectivity index (χ3v) is 2.83. The van der Waals surface area contributed by atoms with Gasteiger partial charge in [0.15, 0.2) is 0 Å². The molecule has 16 heavy (non-hydrogen) atoms. The maximum atomic E-state index is 11.2. The van der Waals surface area contributed by atoms with Crippen molar-refractivity contribution in [2.75, 3.05) is 19.5 Å². The van der Waals surface area contributed by atoms with Crippen LogP contribution in [-0.4, -0.2) is 20.1 Å². The van der Waals surface area contributed by atoms with Gasteiger partial charge in [0.05, 0.1) is 0 Å². The van der Waals surface area contributed by atoms with E-state index in [1.807, 2.05) is 19.2 Å². The van der Waals surface area contributed by atoms with Crippen LogP contribution in [0, 0.1) is 0 Å². The van der Waals surface area contributed by atoms with Crippen LogP contribution in [-0.2, 0) is 16.0 Å². The van der Waals surface area contributed by atoms with Crippen LogP contribution >= 0.6 is 0 Å². The lowest BCUT2D eigenvalue weighted by Crippen LogP contribution is -2.21. The number of carbonyl (C=O) groups excluding carboxylic acids is 1. The summed E-state index contributed by atoms with van der Waals surface area (Å²) in [6.45, 7) is 0. The lowest BCUT2D eigenvalue weighted by atomic mass is 10.00.